The summed E-state index contributed by atoms with van der Waals surface area (Å²) in [5.41, 5.74) is 1.08. The number of methoxy groups -OCH3 is 2. The quantitative estimate of drug-likeness (QED) is 0.603. The van der Waals surface area contributed by atoms with E-state index in [4.69, 9.17) is 18.9 Å². The Hall–Kier alpha value is -3.65. The van der Waals surface area contributed by atoms with E-state index < -0.39 is 0 Å². The summed E-state index contributed by atoms with van der Waals surface area (Å²) in [6.45, 7) is 2.04. The predicted molar refractivity (Wildman–Crippen MR) is 114 cm³/mol. The normalized spacial score (nSPS) is 13.5. The van der Waals surface area contributed by atoms with Crippen molar-refractivity contribution in [3.05, 3.63) is 60.3 Å². The molecule has 2 aromatic carbocycles. The van der Waals surface area contributed by atoms with Crippen LogP contribution < -0.4 is 14.2 Å². The number of carbonyl (C=O) groups is 1. The minimum Gasteiger partial charge on any atom is -0.497 e. The number of ether oxygens (including phenoxy) is 4. The number of benzene rings is 2. The van der Waals surface area contributed by atoms with Gasteiger partial charge in [-0.15, -0.1) is 0 Å². The Kier molecular flexibility index (Phi) is 6.28. The number of rotatable bonds is 6. The van der Waals surface area contributed by atoms with E-state index >= 15 is 0 Å². The lowest BCUT2D eigenvalue weighted by atomic mass is 10.2. The highest BCUT2D eigenvalue weighted by atomic mass is 16.5. The molecule has 2 heterocycles. The standard InChI is InChI=1S/C23H23N3O5/c1-28-17-5-3-16(4-6-17)21-24-15-20(23(27)26-11-13-30-14-12-26)22(25-21)31-19-9-7-18(29-2)8-10-19/h3-10,15H,11-14H2,1-2H3. The number of nitrogens with zero attached hydrogens (tertiary/aromatic N) is 3. The van der Waals surface area contributed by atoms with E-state index in [-0.39, 0.29) is 11.8 Å². The number of amides is 1. The van der Waals surface area contributed by atoms with Gasteiger partial charge >= 0.3 is 0 Å². The van der Waals surface area contributed by atoms with Crippen LogP contribution in [0.5, 0.6) is 23.1 Å². The number of carbonyl (C=O) groups excluding carboxylic acids is 1. The van der Waals surface area contributed by atoms with Crippen LogP contribution in [0.3, 0.4) is 0 Å². The van der Waals surface area contributed by atoms with Crippen molar-refractivity contribution in [2.45, 2.75) is 0 Å². The second-order valence-electron chi connectivity index (χ2n) is 6.82. The van der Waals surface area contributed by atoms with Gasteiger partial charge in [-0.05, 0) is 48.5 Å². The van der Waals surface area contributed by atoms with Gasteiger partial charge in [0, 0.05) is 24.8 Å². The van der Waals surface area contributed by atoms with E-state index in [1.165, 1.54) is 6.20 Å². The topological polar surface area (TPSA) is 83.0 Å². The zero-order valence-electron chi connectivity index (χ0n) is 17.4. The van der Waals surface area contributed by atoms with Crippen molar-refractivity contribution >= 4 is 5.91 Å². The highest BCUT2D eigenvalue weighted by molar-refractivity contribution is 5.96. The highest BCUT2D eigenvalue weighted by Crippen LogP contribution is 2.29. The van der Waals surface area contributed by atoms with E-state index in [0.29, 0.717) is 49.2 Å². The molecule has 160 valence electrons. The fourth-order valence-electron chi connectivity index (χ4n) is 3.16. The zero-order valence-corrected chi connectivity index (χ0v) is 17.4. The van der Waals surface area contributed by atoms with Crippen LogP contribution in [0, 0.1) is 0 Å². The van der Waals surface area contributed by atoms with Gasteiger partial charge in [-0.25, -0.2) is 4.98 Å². The van der Waals surface area contributed by atoms with Crippen LogP contribution in [0.4, 0.5) is 0 Å². The fourth-order valence-corrected chi connectivity index (χ4v) is 3.16. The Morgan fingerprint density at radius 3 is 2.10 bits per heavy atom. The molecule has 8 heteroatoms. The Balaban J connectivity index is 1.69. The number of morpholine rings is 1. The summed E-state index contributed by atoms with van der Waals surface area (Å²) >= 11 is 0. The van der Waals surface area contributed by atoms with Gasteiger partial charge in [0.2, 0.25) is 5.88 Å². The third-order valence-corrected chi connectivity index (χ3v) is 4.90. The monoisotopic (exact) mass is 421 g/mol. The van der Waals surface area contributed by atoms with Crippen LogP contribution in [-0.2, 0) is 4.74 Å². The molecule has 4 rings (SSSR count). The molecule has 0 unspecified atom stereocenters. The molecule has 0 atom stereocenters. The third-order valence-electron chi connectivity index (χ3n) is 4.90. The third kappa shape index (κ3) is 4.75. The second kappa shape index (κ2) is 9.44. The zero-order chi connectivity index (χ0) is 21.6. The molecule has 0 bridgehead atoms. The SMILES string of the molecule is COc1ccc(Oc2nc(-c3ccc(OC)cc3)ncc2C(=O)N2CCOCC2)cc1. The fraction of sp³-hybridized carbons (Fsp3) is 0.261. The Morgan fingerprint density at radius 1 is 0.903 bits per heavy atom. The number of hydrogen-bond donors (Lipinski definition) is 0. The molecule has 3 aromatic rings. The van der Waals surface area contributed by atoms with E-state index in [1.54, 1.807) is 43.4 Å². The van der Waals surface area contributed by atoms with Gasteiger partial charge in [0.05, 0.1) is 27.4 Å². The minimum absolute atomic E-state index is 0.187. The summed E-state index contributed by atoms with van der Waals surface area (Å²) in [5.74, 6) is 2.44. The lowest BCUT2D eigenvalue weighted by molar-refractivity contribution is 0.0300. The lowest BCUT2D eigenvalue weighted by Crippen LogP contribution is -2.40. The van der Waals surface area contributed by atoms with Crippen molar-refractivity contribution in [1.29, 1.82) is 0 Å². The molecule has 8 nitrogen and oxygen atoms in total. The predicted octanol–water partition coefficient (Wildman–Crippen LogP) is 3.43. The van der Waals surface area contributed by atoms with Gasteiger partial charge in [0.1, 0.15) is 22.8 Å². The summed E-state index contributed by atoms with van der Waals surface area (Å²) in [6, 6.07) is 14.5. The Morgan fingerprint density at radius 2 is 1.48 bits per heavy atom. The summed E-state index contributed by atoms with van der Waals surface area (Å²) in [6.07, 6.45) is 1.52. The van der Waals surface area contributed by atoms with Gasteiger partial charge in [0.25, 0.3) is 5.91 Å². The molecule has 1 amide bonds. The number of aromatic nitrogens is 2. The largest absolute Gasteiger partial charge is 0.497 e. The maximum absolute atomic E-state index is 13.1. The van der Waals surface area contributed by atoms with Crippen molar-refractivity contribution in [2.75, 3.05) is 40.5 Å². The Bertz CT molecular complexity index is 1030. The van der Waals surface area contributed by atoms with Crippen LogP contribution in [-0.4, -0.2) is 61.3 Å². The molecule has 31 heavy (non-hydrogen) atoms. The maximum atomic E-state index is 13.1. The molecule has 0 spiro atoms. The first-order valence-corrected chi connectivity index (χ1v) is 9.88. The first-order valence-electron chi connectivity index (χ1n) is 9.88. The summed E-state index contributed by atoms with van der Waals surface area (Å²) in [5, 5.41) is 0. The molecule has 0 saturated carbocycles. The molecule has 1 fully saturated rings. The molecule has 1 aliphatic heterocycles. The highest BCUT2D eigenvalue weighted by Gasteiger charge is 2.24. The van der Waals surface area contributed by atoms with Crippen LogP contribution in [0.1, 0.15) is 10.4 Å². The van der Waals surface area contributed by atoms with Gasteiger partial charge in [-0.2, -0.15) is 4.98 Å². The van der Waals surface area contributed by atoms with E-state index in [0.717, 1.165) is 11.3 Å². The van der Waals surface area contributed by atoms with Gasteiger partial charge in [-0.3, -0.25) is 4.79 Å². The van der Waals surface area contributed by atoms with Crippen molar-refractivity contribution in [3.63, 3.8) is 0 Å². The van der Waals surface area contributed by atoms with Crippen molar-refractivity contribution in [3.8, 4) is 34.5 Å². The van der Waals surface area contributed by atoms with E-state index in [2.05, 4.69) is 9.97 Å². The summed E-state index contributed by atoms with van der Waals surface area (Å²) in [7, 11) is 3.21. The van der Waals surface area contributed by atoms with Gasteiger partial charge < -0.3 is 23.8 Å². The van der Waals surface area contributed by atoms with Crippen molar-refractivity contribution in [1.82, 2.24) is 14.9 Å². The molecule has 0 aliphatic carbocycles. The molecule has 1 saturated heterocycles. The van der Waals surface area contributed by atoms with Crippen LogP contribution >= 0.6 is 0 Å². The molecule has 0 N–H and O–H groups in total. The number of hydrogen-bond acceptors (Lipinski definition) is 7. The molecule has 1 aliphatic rings. The second-order valence-corrected chi connectivity index (χ2v) is 6.82. The smallest absolute Gasteiger partial charge is 0.261 e. The van der Waals surface area contributed by atoms with Crippen molar-refractivity contribution < 1.29 is 23.7 Å². The van der Waals surface area contributed by atoms with E-state index in [9.17, 15) is 4.79 Å². The Labute approximate surface area is 180 Å². The average Bonchev–Trinajstić information content (AvgIpc) is 2.84. The molecular formula is C23H23N3O5. The summed E-state index contributed by atoms with van der Waals surface area (Å²) in [4.78, 5) is 23.8. The molecule has 1 aromatic heterocycles. The minimum atomic E-state index is -0.187. The summed E-state index contributed by atoms with van der Waals surface area (Å²) < 4.78 is 21.8. The average molecular weight is 421 g/mol. The van der Waals surface area contributed by atoms with Crippen LogP contribution in [0.25, 0.3) is 11.4 Å². The molecular weight excluding hydrogens is 398 g/mol. The van der Waals surface area contributed by atoms with Crippen molar-refractivity contribution in [2.24, 2.45) is 0 Å². The van der Waals surface area contributed by atoms with E-state index in [1.807, 2.05) is 24.3 Å². The van der Waals surface area contributed by atoms with Gasteiger partial charge in [-0.1, -0.05) is 0 Å². The van der Waals surface area contributed by atoms with Crippen LogP contribution in [0.15, 0.2) is 54.7 Å². The lowest BCUT2D eigenvalue weighted by Gasteiger charge is -2.27. The van der Waals surface area contributed by atoms with Gasteiger partial charge in [0.15, 0.2) is 5.82 Å². The first kappa shape index (κ1) is 20.6. The van der Waals surface area contributed by atoms with Crippen LogP contribution in [0.2, 0.25) is 0 Å². The maximum Gasteiger partial charge on any atom is 0.261 e. The molecule has 0 radical (unpaired) electrons. The first-order chi connectivity index (χ1) is 15.2.